The molecule has 0 unspecified atom stereocenters. The maximum Gasteiger partial charge on any atom is 0.232 e. The van der Waals surface area contributed by atoms with Gasteiger partial charge in [-0.05, 0) is 49.8 Å². The summed E-state index contributed by atoms with van der Waals surface area (Å²) in [5.74, 6) is 1.19. The van der Waals surface area contributed by atoms with Crippen LogP contribution in [0.4, 0.5) is 5.95 Å². The van der Waals surface area contributed by atoms with E-state index in [0.29, 0.717) is 12.3 Å². The lowest BCUT2D eigenvalue weighted by Crippen LogP contribution is -2.31. The van der Waals surface area contributed by atoms with Gasteiger partial charge in [-0.1, -0.05) is 35.5 Å². The highest BCUT2D eigenvalue weighted by Crippen LogP contribution is 2.28. The standard InChI is InChI=1S/C21H25N5OS2/c1-16-7-9-17(10-8-16)26-20(25-11-3-2-4-12-25)23-24-21(26)29-15-19(27)22-14-18-6-5-13-28-18/h5-10,13H,2-4,11-12,14-15H2,1H3,(H,22,27). The van der Waals surface area contributed by atoms with Gasteiger partial charge >= 0.3 is 0 Å². The zero-order valence-electron chi connectivity index (χ0n) is 16.5. The average molecular weight is 428 g/mol. The van der Waals surface area contributed by atoms with E-state index in [9.17, 15) is 4.79 Å². The summed E-state index contributed by atoms with van der Waals surface area (Å²) in [5, 5.41) is 14.7. The lowest BCUT2D eigenvalue weighted by molar-refractivity contribution is -0.118. The van der Waals surface area contributed by atoms with Crippen molar-refractivity contribution in [3.8, 4) is 5.69 Å². The summed E-state index contributed by atoms with van der Waals surface area (Å²) >= 11 is 3.08. The highest BCUT2D eigenvalue weighted by atomic mass is 32.2. The second-order valence-corrected chi connectivity index (χ2v) is 9.12. The van der Waals surface area contributed by atoms with Gasteiger partial charge in [-0.25, -0.2) is 0 Å². The van der Waals surface area contributed by atoms with Crippen molar-refractivity contribution >= 4 is 35.0 Å². The molecule has 1 aliphatic heterocycles. The minimum absolute atomic E-state index is 0.00128. The molecule has 1 aliphatic rings. The van der Waals surface area contributed by atoms with E-state index in [-0.39, 0.29) is 5.91 Å². The molecule has 1 aromatic carbocycles. The van der Waals surface area contributed by atoms with Gasteiger partial charge in [0.2, 0.25) is 11.9 Å². The predicted octanol–water partition coefficient (Wildman–Crippen LogP) is 4.04. The Labute approximate surface area is 179 Å². The molecule has 6 nitrogen and oxygen atoms in total. The Hall–Kier alpha value is -2.32. The SMILES string of the molecule is Cc1ccc(-n2c(SCC(=O)NCc3cccs3)nnc2N2CCCCC2)cc1. The molecule has 0 spiro atoms. The monoisotopic (exact) mass is 427 g/mol. The van der Waals surface area contributed by atoms with Crippen molar-refractivity contribution in [3.05, 3.63) is 52.2 Å². The maximum absolute atomic E-state index is 12.3. The topological polar surface area (TPSA) is 63.1 Å². The summed E-state index contributed by atoms with van der Waals surface area (Å²) in [6, 6.07) is 12.4. The molecular weight excluding hydrogens is 402 g/mol. The first-order chi connectivity index (χ1) is 14.2. The summed E-state index contributed by atoms with van der Waals surface area (Å²) in [5.41, 5.74) is 2.24. The molecule has 152 valence electrons. The van der Waals surface area contributed by atoms with Gasteiger partial charge in [0.15, 0.2) is 5.16 Å². The summed E-state index contributed by atoms with van der Waals surface area (Å²) in [4.78, 5) is 15.8. The van der Waals surface area contributed by atoms with Crippen LogP contribution in [-0.2, 0) is 11.3 Å². The second kappa shape index (κ2) is 9.45. The Kier molecular flexibility index (Phi) is 6.51. The average Bonchev–Trinajstić information content (AvgIpc) is 3.42. The van der Waals surface area contributed by atoms with Crippen LogP contribution in [0, 0.1) is 6.92 Å². The number of piperidine rings is 1. The molecule has 0 aliphatic carbocycles. The predicted molar refractivity (Wildman–Crippen MR) is 119 cm³/mol. The van der Waals surface area contributed by atoms with Crippen LogP contribution in [0.2, 0.25) is 0 Å². The lowest BCUT2D eigenvalue weighted by Gasteiger charge is -2.27. The molecule has 0 radical (unpaired) electrons. The zero-order chi connectivity index (χ0) is 20.1. The van der Waals surface area contributed by atoms with Crippen molar-refractivity contribution in [3.63, 3.8) is 0 Å². The second-order valence-electron chi connectivity index (χ2n) is 7.15. The number of carbonyl (C=O) groups excluding carboxylic acids is 1. The first-order valence-electron chi connectivity index (χ1n) is 9.90. The number of thioether (sulfide) groups is 1. The Morgan fingerprint density at radius 2 is 1.93 bits per heavy atom. The van der Waals surface area contributed by atoms with Crippen molar-refractivity contribution < 1.29 is 4.79 Å². The van der Waals surface area contributed by atoms with E-state index in [2.05, 4.69) is 56.2 Å². The van der Waals surface area contributed by atoms with E-state index < -0.39 is 0 Å². The van der Waals surface area contributed by atoms with Crippen LogP contribution in [0.25, 0.3) is 5.69 Å². The molecule has 2 aromatic heterocycles. The molecule has 0 bridgehead atoms. The van der Waals surface area contributed by atoms with Crippen molar-refractivity contribution in [1.29, 1.82) is 0 Å². The molecule has 29 heavy (non-hydrogen) atoms. The number of nitrogens with zero attached hydrogens (tertiary/aromatic N) is 4. The number of amides is 1. The van der Waals surface area contributed by atoms with Gasteiger partial charge in [-0.15, -0.1) is 21.5 Å². The Morgan fingerprint density at radius 3 is 2.66 bits per heavy atom. The van der Waals surface area contributed by atoms with Gasteiger partial charge in [0.1, 0.15) is 0 Å². The fourth-order valence-corrected chi connectivity index (χ4v) is 4.78. The van der Waals surface area contributed by atoms with Gasteiger partial charge in [0.05, 0.1) is 18.0 Å². The van der Waals surface area contributed by atoms with Gasteiger partial charge < -0.3 is 10.2 Å². The molecule has 4 rings (SSSR count). The first kappa shape index (κ1) is 20.0. The summed E-state index contributed by atoms with van der Waals surface area (Å²) in [6.45, 7) is 4.64. The number of rotatable bonds is 7. The van der Waals surface area contributed by atoms with Crippen LogP contribution in [0.1, 0.15) is 29.7 Å². The van der Waals surface area contributed by atoms with Crippen LogP contribution in [0.5, 0.6) is 0 Å². The normalized spacial score (nSPS) is 14.2. The van der Waals surface area contributed by atoms with E-state index in [1.807, 2.05) is 17.5 Å². The van der Waals surface area contributed by atoms with Gasteiger partial charge in [-0.2, -0.15) is 0 Å². The van der Waals surface area contributed by atoms with E-state index in [1.54, 1.807) is 11.3 Å². The van der Waals surface area contributed by atoms with E-state index in [1.165, 1.54) is 36.6 Å². The van der Waals surface area contributed by atoms with Crippen LogP contribution in [-0.4, -0.2) is 39.5 Å². The van der Waals surface area contributed by atoms with Crippen molar-refractivity contribution in [2.24, 2.45) is 0 Å². The minimum atomic E-state index is 0.00128. The third-order valence-electron chi connectivity index (χ3n) is 4.92. The van der Waals surface area contributed by atoms with Gasteiger partial charge in [0.25, 0.3) is 0 Å². The number of nitrogens with one attached hydrogen (secondary N) is 1. The third kappa shape index (κ3) is 5.00. The van der Waals surface area contributed by atoms with Crippen molar-refractivity contribution in [1.82, 2.24) is 20.1 Å². The Bertz CT molecular complexity index is 931. The largest absolute Gasteiger partial charge is 0.350 e. The minimum Gasteiger partial charge on any atom is -0.350 e. The molecule has 3 aromatic rings. The quantitative estimate of drug-likeness (QED) is 0.577. The molecule has 1 amide bonds. The summed E-state index contributed by atoms with van der Waals surface area (Å²) in [7, 11) is 0. The molecular formula is C21H25N5OS2. The van der Waals surface area contributed by atoms with E-state index in [0.717, 1.165) is 34.8 Å². The molecule has 0 saturated carbocycles. The fraction of sp³-hybridized carbons (Fsp3) is 0.381. The smallest absolute Gasteiger partial charge is 0.232 e. The number of benzene rings is 1. The van der Waals surface area contributed by atoms with Crippen LogP contribution >= 0.6 is 23.1 Å². The fourth-order valence-electron chi connectivity index (χ4n) is 3.35. The molecule has 1 fully saturated rings. The third-order valence-corrected chi connectivity index (χ3v) is 6.72. The summed E-state index contributed by atoms with van der Waals surface area (Å²) in [6.07, 6.45) is 3.61. The Morgan fingerprint density at radius 1 is 1.14 bits per heavy atom. The van der Waals surface area contributed by atoms with Crippen molar-refractivity contribution in [2.45, 2.75) is 37.9 Å². The van der Waals surface area contributed by atoms with Gasteiger partial charge in [0, 0.05) is 18.0 Å². The van der Waals surface area contributed by atoms with E-state index >= 15 is 0 Å². The highest BCUT2D eigenvalue weighted by molar-refractivity contribution is 7.99. The van der Waals surface area contributed by atoms with Gasteiger partial charge in [-0.3, -0.25) is 9.36 Å². The van der Waals surface area contributed by atoms with E-state index in [4.69, 9.17) is 0 Å². The Balaban J connectivity index is 1.50. The van der Waals surface area contributed by atoms with Crippen LogP contribution in [0.15, 0.2) is 46.9 Å². The molecule has 1 saturated heterocycles. The van der Waals surface area contributed by atoms with Crippen molar-refractivity contribution in [2.75, 3.05) is 23.7 Å². The zero-order valence-corrected chi connectivity index (χ0v) is 18.1. The number of carbonyl (C=O) groups is 1. The molecule has 8 heteroatoms. The molecule has 3 heterocycles. The summed E-state index contributed by atoms with van der Waals surface area (Å²) < 4.78 is 2.09. The van der Waals surface area contributed by atoms with Crippen LogP contribution in [0.3, 0.4) is 0 Å². The number of aryl methyl sites for hydroxylation is 1. The highest BCUT2D eigenvalue weighted by Gasteiger charge is 2.22. The maximum atomic E-state index is 12.3. The number of aromatic nitrogens is 3. The number of hydrogen-bond acceptors (Lipinski definition) is 6. The lowest BCUT2D eigenvalue weighted by atomic mass is 10.1. The number of hydrogen-bond donors (Lipinski definition) is 1. The number of thiophene rings is 1. The number of anilines is 1. The first-order valence-corrected chi connectivity index (χ1v) is 11.8. The molecule has 1 N–H and O–H groups in total. The molecule has 0 atom stereocenters. The van der Waals surface area contributed by atoms with Crippen LogP contribution < -0.4 is 10.2 Å².